The second-order valence-electron chi connectivity index (χ2n) is 7.83. The number of likely N-dealkylation sites (tertiary alicyclic amines) is 1. The Morgan fingerprint density at radius 2 is 2.00 bits per heavy atom. The van der Waals surface area contributed by atoms with E-state index in [-0.39, 0.29) is 22.5 Å². The van der Waals surface area contributed by atoms with Gasteiger partial charge in [0.1, 0.15) is 5.75 Å². The molecule has 0 radical (unpaired) electrons. The van der Waals surface area contributed by atoms with Crippen LogP contribution in [0, 0.1) is 0 Å². The van der Waals surface area contributed by atoms with Crippen molar-refractivity contribution >= 4 is 27.5 Å². The molecule has 2 N–H and O–H groups in total. The zero-order chi connectivity index (χ0) is 22.0. The van der Waals surface area contributed by atoms with Crippen LogP contribution < -0.4 is 14.8 Å². The van der Waals surface area contributed by atoms with Gasteiger partial charge in [0.05, 0.1) is 17.7 Å². The summed E-state index contributed by atoms with van der Waals surface area (Å²) in [5.41, 5.74) is 1.54. The van der Waals surface area contributed by atoms with Crippen LogP contribution in [0.5, 0.6) is 5.75 Å². The second-order valence-corrected chi connectivity index (χ2v) is 9.54. The highest BCUT2D eigenvalue weighted by molar-refractivity contribution is 7.89. The fourth-order valence-corrected chi connectivity index (χ4v) is 4.87. The van der Waals surface area contributed by atoms with E-state index in [1.807, 2.05) is 6.07 Å². The van der Waals surface area contributed by atoms with Crippen molar-refractivity contribution in [3.8, 4) is 5.75 Å². The third-order valence-electron chi connectivity index (χ3n) is 5.36. The van der Waals surface area contributed by atoms with Crippen molar-refractivity contribution in [2.24, 2.45) is 0 Å². The maximum absolute atomic E-state index is 12.9. The fourth-order valence-electron chi connectivity index (χ4n) is 3.54. The Morgan fingerprint density at radius 3 is 2.68 bits per heavy atom. The van der Waals surface area contributed by atoms with Gasteiger partial charge in [-0.1, -0.05) is 12.1 Å². The molecular formula is C22H25N3O5S. The van der Waals surface area contributed by atoms with Crippen LogP contribution >= 0.6 is 0 Å². The number of nitrogens with one attached hydrogen (secondary N) is 2. The Kier molecular flexibility index (Phi) is 5.97. The first kappa shape index (κ1) is 21.3. The van der Waals surface area contributed by atoms with Gasteiger partial charge in [0.25, 0.3) is 5.91 Å². The van der Waals surface area contributed by atoms with E-state index in [0.29, 0.717) is 24.3 Å². The molecule has 2 fully saturated rings. The normalized spacial score (nSPS) is 16.4. The van der Waals surface area contributed by atoms with Crippen molar-refractivity contribution in [3.63, 3.8) is 0 Å². The summed E-state index contributed by atoms with van der Waals surface area (Å²) in [6, 6.07) is 11.4. The quantitative estimate of drug-likeness (QED) is 0.652. The van der Waals surface area contributed by atoms with E-state index >= 15 is 0 Å². The van der Waals surface area contributed by atoms with E-state index in [2.05, 4.69) is 10.0 Å². The highest BCUT2D eigenvalue weighted by atomic mass is 32.2. The van der Waals surface area contributed by atoms with Crippen molar-refractivity contribution in [2.45, 2.75) is 43.2 Å². The molecule has 0 spiro atoms. The molecule has 2 aromatic carbocycles. The lowest BCUT2D eigenvalue weighted by atomic mass is 10.1. The summed E-state index contributed by atoms with van der Waals surface area (Å²) in [4.78, 5) is 26.6. The van der Waals surface area contributed by atoms with Gasteiger partial charge in [0.15, 0.2) is 0 Å². The third-order valence-corrected chi connectivity index (χ3v) is 6.88. The van der Waals surface area contributed by atoms with Crippen molar-refractivity contribution in [1.29, 1.82) is 0 Å². The van der Waals surface area contributed by atoms with E-state index in [4.69, 9.17) is 4.74 Å². The van der Waals surface area contributed by atoms with Gasteiger partial charge < -0.3 is 15.0 Å². The minimum Gasteiger partial charge on any atom is -0.495 e. The zero-order valence-corrected chi connectivity index (χ0v) is 18.1. The molecule has 8 nitrogen and oxygen atoms in total. The molecule has 0 bridgehead atoms. The van der Waals surface area contributed by atoms with Crippen molar-refractivity contribution in [1.82, 2.24) is 9.62 Å². The largest absolute Gasteiger partial charge is 0.495 e. The van der Waals surface area contributed by atoms with Crippen LogP contribution in [0.4, 0.5) is 5.69 Å². The van der Waals surface area contributed by atoms with E-state index in [1.165, 1.54) is 25.3 Å². The lowest BCUT2D eigenvalue weighted by Gasteiger charge is -2.16. The molecule has 9 heteroatoms. The molecule has 0 unspecified atom stereocenters. The van der Waals surface area contributed by atoms with E-state index in [0.717, 1.165) is 31.4 Å². The van der Waals surface area contributed by atoms with E-state index < -0.39 is 15.9 Å². The molecule has 1 aliphatic carbocycles. The van der Waals surface area contributed by atoms with Crippen molar-refractivity contribution in [3.05, 3.63) is 53.6 Å². The van der Waals surface area contributed by atoms with Crippen LogP contribution in [-0.4, -0.2) is 44.8 Å². The summed E-state index contributed by atoms with van der Waals surface area (Å²) < 4.78 is 33.0. The SMILES string of the molecule is COc1ccc(S(=O)(=O)NC2CC2)cc1NC(=O)c1cccc(CN2CCCC2=O)c1. The molecule has 0 aromatic heterocycles. The number of hydrogen-bond acceptors (Lipinski definition) is 5. The lowest BCUT2D eigenvalue weighted by Crippen LogP contribution is -2.26. The number of anilines is 1. The summed E-state index contributed by atoms with van der Waals surface area (Å²) in [6.07, 6.45) is 3.08. The molecule has 2 aliphatic rings. The van der Waals surface area contributed by atoms with Gasteiger partial charge in [-0.3, -0.25) is 9.59 Å². The molecule has 2 amide bonds. The number of nitrogens with zero attached hydrogens (tertiary/aromatic N) is 1. The molecule has 4 rings (SSSR count). The van der Waals surface area contributed by atoms with Crippen LogP contribution in [0.25, 0.3) is 0 Å². The maximum Gasteiger partial charge on any atom is 0.255 e. The van der Waals surface area contributed by atoms with Crippen LogP contribution in [-0.2, 0) is 21.4 Å². The molecule has 31 heavy (non-hydrogen) atoms. The van der Waals surface area contributed by atoms with Gasteiger partial charge in [0.2, 0.25) is 15.9 Å². The monoisotopic (exact) mass is 443 g/mol. The summed E-state index contributed by atoms with van der Waals surface area (Å²) in [7, 11) is -2.21. The number of ether oxygens (including phenoxy) is 1. The fraction of sp³-hybridized carbons (Fsp3) is 0.364. The van der Waals surface area contributed by atoms with Crippen molar-refractivity contribution in [2.75, 3.05) is 19.0 Å². The molecule has 1 aliphatic heterocycles. The number of rotatable bonds is 8. The molecule has 1 saturated heterocycles. The predicted octanol–water partition coefficient (Wildman–Crippen LogP) is 2.51. The number of methoxy groups -OCH3 is 1. The Balaban J connectivity index is 1.53. The zero-order valence-electron chi connectivity index (χ0n) is 17.3. The van der Waals surface area contributed by atoms with Crippen LogP contribution in [0.15, 0.2) is 47.4 Å². The van der Waals surface area contributed by atoms with Crippen LogP contribution in [0.3, 0.4) is 0 Å². The molecule has 2 aromatic rings. The Labute approximate surface area is 181 Å². The first-order valence-corrected chi connectivity index (χ1v) is 11.7. The predicted molar refractivity (Wildman–Crippen MR) is 115 cm³/mol. The van der Waals surface area contributed by atoms with Gasteiger partial charge in [-0.05, 0) is 55.2 Å². The minimum absolute atomic E-state index is 0.0182. The van der Waals surface area contributed by atoms with E-state index in [1.54, 1.807) is 23.1 Å². The average Bonchev–Trinajstić information content (AvgIpc) is 3.47. The second kappa shape index (κ2) is 8.68. The summed E-state index contributed by atoms with van der Waals surface area (Å²) >= 11 is 0. The number of amides is 2. The first-order valence-electron chi connectivity index (χ1n) is 10.2. The number of carbonyl (C=O) groups excluding carboxylic acids is 2. The molecule has 0 atom stereocenters. The van der Waals surface area contributed by atoms with Gasteiger partial charge in [-0.25, -0.2) is 13.1 Å². The third kappa shape index (κ3) is 5.05. The average molecular weight is 444 g/mol. The summed E-state index contributed by atoms with van der Waals surface area (Å²) in [5, 5.41) is 2.75. The standard InChI is InChI=1S/C22H25N3O5S/c1-30-20-10-9-18(31(28,29)24-17-7-8-17)13-19(20)23-22(27)16-5-2-4-15(12-16)14-25-11-3-6-21(25)26/h2,4-5,9-10,12-13,17,24H,3,6-8,11,14H2,1H3,(H,23,27). The van der Waals surface area contributed by atoms with Crippen LogP contribution in [0.1, 0.15) is 41.6 Å². The first-order chi connectivity index (χ1) is 14.9. The number of benzene rings is 2. The number of sulfonamides is 1. The van der Waals surface area contributed by atoms with Gasteiger partial charge in [-0.15, -0.1) is 0 Å². The maximum atomic E-state index is 12.9. The van der Waals surface area contributed by atoms with Gasteiger partial charge >= 0.3 is 0 Å². The molecule has 1 saturated carbocycles. The molecule has 164 valence electrons. The highest BCUT2D eigenvalue weighted by Crippen LogP contribution is 2.29. The number of carbonyl (C=O) groups is 2. The summed E-state index contributed by atoms with van der Waals surface area (Å²) in [5.74, 6) is 0.0903. The van der Waals surface area contributed by atoms with Gasteiger partial charge in [-0.2, -0.15) is 0 Å². The van der Waals surface area contributed by atoms with Gasteiger partial charge in [0, 0.05) is 31.1 Å². The van der Waals surface area contributed by atoms with E-state index in [9.17, 15) is 18.0 Å². The lowest BCUT2D eigenvalue weighted by molar-refractivity contribution is -0.128. The Bertz CT molecular complexity index is 1110. The molecule has 1 heterocycles. The Morgan fingerprint density at radius 1 is 1.19 bits per heavy atom. The number of hydrogen-bond donors (Lipinski definition) is 2. The minimum atomic E-state index is -3.66. The highest BCUT2D eigenvalue weighted by Gasteiger charge is 2.28. The summed E-state index contributed by atoms with van der Waals surface area (Å²) in [6.45, 7) is 1.19. The Hall–Kier alpha value is -2.91. The van der Waals surface area contributed by atoms with Crippen LogP contribution in [0.2, 0.25) is 0 Å². The topological polar surface area (TPSA) is 105 Å². The molecular weight excluding hydrogens is 418 g/mol. The smallest absolute Gasteiger partial charge is 0.255 e. The van der Waals surface area contributed by atoms with Crippen molar-refractivity contribution < 1.29 is 22.7 Å².